The Labute approximate surface area is 136 Å². The van der Waals surface area contributed by atoms with Gasteiger partial charge in [-0.3, -0.25) is 4.79 Å². The molecule has 2 rings (SSSR count). The summed E-state index contributed by atoms with van der Waals surface area (Å²) < 4.78 is 10.7. The SMILES string of the molecule is COc1ccc(N)cc1NC(=O)COc1ccc(C(C)C)cc1. The lowest BCUT2D eigenvalue weighted by Crippen LogP contribution is -2.20. The minimum absolute atomic E-state index is 0.0843. The van der Waals surface area contributed by atoms with Crippen LogP contribution < -0.4 is 20.5 Å². The van der Waals surface area contributed by atoms with Crippen molar-refractivity contribution in [2.75, 3.05) is 24.8 Å². The third-order valence-corrected chi connectivity index (χ3v) is 3.41. The fourth-order valence-corrected chi connectivity index (χ4v) is 2.11. The Hall–Kier alpha value is -2.69. The van der Waals surface area contributed by atoms with Gasteiger partial charge in [-0.25, -0.2) is 0 Å². The molecule has 3 N–H and O–H groups in total. The lowest BCUT2D eigenvalue weighted by atomic mass is 10.0. The van der Waals surface area contributed by atoms with Crippen LogP contribution in [-0.2, 0) is 4.79 Å². The van der Waals surface area contributed by atoms with Gasteiger partial charge >= 0.3 is 0 Å². The lowest BCUT2D eigenvalue weighted by Gasteiger charge is -2.12. The molecule has 0 bridgehead atoms. The molecule has 0 aliphatic heterocycles. The van der Waals surface area contributed by atoms with Crippen molar-refractivity contribution < 1.29 is 14.3 Å². The molecular weight excluding hydrogens is 292 g/mol. The number of ether oxygens (including phenoxy) is 2. The summed E-state index contributed by atoms with van der Waals surface area (Å²) in [6.07, 6.45) is 0. The Balaban J connectivity index is 1.94. The van der Waals surface area contributed by atoms with E-state index >= 15 is 0 Å². The van der Waals surface area contributed by atoms with Crippen molar-refractivity contribution in [1.82, 2.24) is 0 Å². The van der Waals surface area contributed by atoms with Crippen LogP contribution in [0.1, 0.15) is 25.3 Å². The van der Waals surface area contributed by atoms with Crippen molar-refractivity contribution >= 4 is 17.3 Å². The average molecular weight is 314 g/mol. The largest absolute Gasteiger partial charge is 0.495 e. The fraction of sp³-hybridized carbons (Fsp3) is 0.278. The Kier molecular flexibility index (Phi) is 5.46. The molecule has 0 radical (unpaired) electrons. The summed E-state index contributed by atoms with van der Waals surface area (Å²) in [6.45, 7) is 4.17. The standard InChI is InChI=1S/C18H22N2O3/c1-12(2)13-4-7-15(8-5-13)23-11-18(21)20-16-10-14(19)6-9-17(16)22-3/h4-10,12H,11,19H2,1-3H3,(H,20,21). The van der Waals surface area contributed by atoms with Gasteiger partial charge in [-0.2, -0.15) is 0 Å². The van der Waals surface area contributed by atoms with E-state index in [4.69, 9.17) is 15.2 Å². The first-order valence-electron chi connectivity index (χ1n) is 7.45. The van der Waals surface area contributed by atoms with Crippen molar-refractivity contribution in [1.29, 1.82) is 0 Å². The van der Waals surface area contributed by atoms with E-state index in [1.807, 2.05) is 24.3 Å². The summed E-state index contributed by atoms with van der Waals surface area (Å²) in [5, 5.41) is 2.73. The molecule has 0 unspecified atom stereocenters. The summed E-state index contributed by atoms with van der Waals surface area (Å²) in [5.41, 5.74) is 8.02. The molecule has 2 aromatic carbocycles. The van der Waals surface area contributed by atoms with E-state index in [0.29, 0.717) is 28.8 Å². The Morgan fingerprint density at radius 2 is 1.87 bits per heavy atom. The van der Waals surface area contributed by atoms with Gasteiger partial charge in [-0.15, -0.1) is 0 Å². The number of nitrogens with one attached hydrogen (secondary N) is 1. The van der Waals surface area contributed by atoms with E-state index in [0.717, 1.165) is 0 Å². The zero-order valence-electron chi connectivity index (χ0n) is 13.6. The molecule has 5 nitrogen and oxygen atoms in total. The van der Waals surface area contributed by atoms with Crippen molar-refractivity contribution in [3.05, 3.63) is 48.0 Å². The second-order valence-electron chi connectivity index (χ2n) is 5.52. The van der Waals surface area contributed by atoms with Crippen LogP contribution in [0.5, 0.6) is 11.5 Å². The zero-order valence-corrected chi connectivity index (χ0v) is 13.6. The summed E-state index contributed by atoms with van der Waals surface area (Å²) in [4.78, 5) is 12.0. The van der Waals surface area contributed by atoms with Crippen molar-refractivity contribution in [2.24, 2.45) is 0 Å². The quantitative estimate of drug-likeness (QED) is 0.801. The van der Waals surface area contributed by atoms with Gasteiger partial charge in [0, 0.05) is 5.69 Å². The van der Waals surface area contributed by atoms with Gasteiger partial charge in [0.05, 0.1) is 12.8 Å². The van der Waals surface area contributed by atoms with Crippen LogP contribution >= 0.6 is 0 Å². The van der Waals surface area contributed by atoms with E-state index in [1.165, 1.54) is 12.7 Å². The van der Waals surface area contributed by atoms with E-state index in [2.05, 4.69) is 19.2 Å². The summed E-state index contributed by atoms with van der Waals surface area (Å²) in [5.74, 6) is 1.39. The number of carbonyl (C=O) groups is 1. The highest BCUT2D eigenvalue weighted by atomic mass is 16.5. The van der Waals surface area contributed by atoms with Crippen LogP contribution in [0.25, 0.3) is 0 Å². The second-order valence-corrected chi connectivity index (χ2v) is 5.52. The Bertz CT molecular complexity index is 666. The van der Waals surface area contributed by atoms with Gasteiger partial charge in [-0.1, -0.05) is 26.0 Å². The number of rotatable bonds is 6. The molecule has 1 amide bonds. The van der Waals surface area contributed by atoms with Crippen LogP contribution in [0.3, 0.4) is 0 Å². The van der Waals surface area contributed by atoms with E-state index < -0.39 is 0 Å². The van der Waals surface area contributed by atoms with Gasteiger partial charge in [0.15, 0.2) is 6.61 Å². The molecule has 0 aromatic heterocycles. The van der Waals surface area contributed by atoms with Crippen LogP contribution in [0.15, 0.2) is 42.5 Å². The number of anilines is 2. The first-order chi connectivity index (χ1) is 11.0. The van der Waals surface area contributed by atoms with Crippen molar-refractivity contribution in [3.8, 4) is 11.5 Å². The van der Waals surface area contributed by atoms with Gasteiger partial charge < -0.3 is 20.5 Å². The lowest BCUT2D eigenvalue weighted by molar-refractivity contribution is -0.118. The molecule has 0 saturated carbocycles. The molecule has 0 heterocycles. The molecule has 0 atom stereocenters. The maximum atomic E-state index is 12.0. The summed E-state index contributed by atoms with van der Waals surface area (Å²) >= 11 is 0. The van der Waals surface area contributed by atoms with Crippen molar-refractivity contribution in [2.45, 2.75) is 19.8 Å². The Morgan fingerprint density at radius 3 is 2.48 bits per heavy atom. The number of amides is 1. The number of benzene rings is 2. The normalized spacial score (nSPS) is 10.4. The van der Waals surface area contributed by atoms with Crippen LogP contribution in [-0.4, -0.2) is 19.6 Å². The monoisotopic (exact) mass is 314 g/mol. The van der Waals surface area contributed by atoms with Gasteiger partial charge in [0.2, 0.25) is 0 Å². The van der Waals surface area contributed by atoms with Crippen LogP contribution in [0, 0.1) is 0 Å². The molecule has 0 saturated heterocycles. The van der Waals surface area contributed by atoms with Crippen LogP contribution in [0.2, 0.25) is 0 Å². The average Bonchev–Trinajstić information content (AvgIpc) is 2.53. The minimum Gasteiger partial charge on any atom is -0.495 e. The molecule has 122 valence electrons. The third-order valence-electron chi connectivity index (χ3n) is 3.41. The Morgan fingerprint density at radius 1 is 1.17 bits per heavy atom. The van der Waals surface area contributed by atoms with Crippen molar-refractivity contribution in [3.63, 3.8) is 0 Å². The number of carbonyl (C=O) groups excluding carboxylic acids is 1. The third kappa shape index (κ3) is 4.64. The predicted molar refractivity (Wildman–Crippen MR) is 92.1 cm³/mol. The molecule has 0 aliphatic carbocycles. The number of nitrogens with two attached hydrogens (primary N) is 1. The van der Waals surface area contributed by atoms with E-state index in [9.17, 15) is 4.79 Å². The highest BCUT2D eigenvalue weighted by Gasteiger charge is 2.09. The molecule has 23 heavy (non-hydrogen) atoms. The van der Waals surface area contributed by atoms with Gasteiger partial charge in [0.25, 0.3) is 5.91 Å². The maximum Gasteiger partial charge on any atom is 0.262 e. The second kappa shape index (κ2) is 7.54. The molecule has 0 fully saturated rings. The smallest absolute Gasteiger partial charge is 0.262 e. The number of hydrogen-bond donors (Lipinski definition) is 2. The molecule has 2 aromatic rings. The van der Waals surface area contributed by atoms with Crippen LogP contribution in [0.4, 0.5) is 11.4 Å². The predicted octanol–water partition coefficient (Wildman–Crippen LogP) is 3.42. The van der Waals surface area contributed by atoms with E-state index in [1.54, 1.807) is 18.2 Å². The first-order valence-corrected chi connectivity index (χ1v) is 7.45. The number of methoxy groups -OCH3 is 1. The summed E-state index contributed by atoms with van der Waals surface area (Å²) in [6, 6.07) is 12.8. The van der Waals surface area contributed by atoms with Gasteiger partial charge in [0.1, 0.15) is 11.5 Å². The molecule has 5 heteroatoms. The highest BCUT2D eigenvalue weighted by molar-refractivity contribution is 5.93. The minimum atomic E-state index is -0.276. The van der Waals surface area contributed by atoms with E-state index in [-0.39, 0.29) is 12.5 Å². The first kappa shape index (κ1) is 16.7. The number of hydrogen-bond acceptors (Lipinski definition) is 4. The maximum absolute atomic E-state index is 12.0. The summed E-state index contributed by atoms with van der Waals surface area (Å²) in [7, 11) is 1.54. The molecular formula is C18H22N2O3. The fourth-order valence-electron chi connectivity index (χ4n) is 2.11. The van der Waals surface area contributed by atoms with Gasteiger partial charge in [-0.05, 0) is 41.8 Å². The highest BCUT2D eigenvalue weighted by Crippen LogP contribution is 2.26. The zero-order chi connectivity index (χ0) is 16.8. The topological polar surface area (TPSA) is 73.6 Å². The molecule has 0 spiro atoms. The number of nitrogen functional groups attached to an aromatic ring is 1. The molecule has 0 aliphatic rings.